The Balaban J connectivity index is 1.96. The highest BCUT2D eigenvalue weighted by atomic mass is 16.2. The Bertz CT molecular complexity index is 413. The lowest BCUT2D eigenvalue weighted by atomic mass is 10.2. The van der Waals surface area contributed by atoms with Crippen LogP contribution in [-0.2, 0) is 6.54 Å². The normalized spacial score (nSPS) is 20.9. The first-order valence-corrected chi connectivity index (χ1v) is 6.41. The summed E-state index contributed by atoms with van der Waals surface area (Å²) in [7, 11) is 3.53. The number of hydrogen-bond donors (Lipinski definition) is 2. The zero-order valence-electron chi connectivity index (χ0n) is 11.4. The van der Waals surface area contributed by atoms with E-state index in [0.717, 1.165) is 31.9 Å². The van der Waals surface area contributed by atoms with Crippen molar-refractivity contribution in [1.82, 2.24) is 20.1 Å². The fourth-order valence-electron chi connectivity index (χ4n) is 2.29. The molecule has 0 saturated carbocycles. The van der Waals surface area contributed by atoms with Crippen LogP contribution in [-0.4, -0.2) is 60.5 Å². The Morgan fingerprint density at radius 1 is 1.50 bits per heavy atom. The van der Waals surface area contributed by atoms with Crippen LogP contribution in [0.15, 0.2) is 12.1 Å². The molecule has 1 fully saturated rings. The molecule has 1 amide bonds. The number of rotatable bonds is 3. The Hall–Kier alpha value is -1.33. The topological polar surface area (TPSA) is 51.4 Å². The van der Waals surface area contributed by atoms with Crippen LogP contribution in [0, 0.1) is 0 Å². The van der Waals surface area contributed by atoms with E-state index in [1.165, 1.54) is 0 Å². The van der Waals surface area contributed by atoms with Gasteiger partial charge in [-0.3, -0.25) is 9.69 Å². The molecule has 1 saturated heterocycles. The molecule has 1 aromatic rings. The standard InChI is InChI=1S/C13H22N4O/c1-10-8-17(7-6-14-10)9-11-4-5-12(15-11)13(18)16(2)3/h4-5,10,14-15H,6-9H2,1-3H3/t10-/m1/s1. The van der Waals surface area contributed by atoms with E-state index in [-0.39, 0.29) is 5.91 Å². The van der Waals surface area contributed by atoms with Crippen LogP contribution in [0.25, 0.3) is 0 Å². The number of aromatic amines is 1. The maximum absolute atomic E-state index is 11.8. The predicted molar refractivity (Wildman–Crippen MR) is 71.6 cm³/mol. The lowest BCUT2D eigenvalue weighted by Gasteiger charge is -2.31. The number of piperazine rings is 1. The van der Waals surface area contributed by atoms with E-state index in [1.54, 1.807) is 19.0 Å². The first kappa shape index (κ1) is 13.1. The molecule has 0 radical (unpaired) electrons. The van der Waals surface area contributed by atoms with Gasteiger partial charge in [0.25, 0.3) is 5.91 Å². The molecule has 0 aliphatic carbocycles. The highest BCUT2D eigenvalue weighted by Gasteiger charge is 2.17. The largest absolute Gasteiger partial charge is 0.353 e. The summed E-state index contributed by atoms with van der Waals surface area (Å²) in [5.41, 5.74) is 1.77. The third-order valence-electron chi connectivity index (χ3n) is 3.23. The van der Waals surface area contributed by atoms with E-state index in [1.807, 2.05) is 12.1 Å². The third-order valence-corrected chi connectivity index (χ3v) is 3.23. The van der Waals surface area contributed by atoms with E-state index in [2.05, 4.69) is 22.1 Å². The highest BCUT2D eigenvalue weighted by molar-refractivity contribution is 5.92. The molecule has 1 aliphatic heterocycles. The average Bonchev–Trinajstić information content (AvgIpc) is 2.76. The van der Waals surface area contributed by atoms with Crippen molar-refractivity contribution in [2.24, 2.45) is 0 Å². The summed E-state index contributed by atoms with van der Waals surface area (Å²) in [4.78, 5) is 19.0. The first-order chi connectivity index (χ1) is 8.56. The number of nitrogens with zero attached hydrogens (tertiary/aromatic N) is 2. The van der Waals surface area contributed by atoms with Gasteiger partial charge in [-0.15, -0.1) is 0 Å². The van der Waals surface area contributed by atoms with Crippen LogP contribution in [0.3, 0.4) is 0 Å². The minimum Gasteiger partial charge on any atom is -0.353 e. The molecule has 2 N–H and O–H groups in total. The van der Waals surface area contributed by atoms with Crippen molar-refractivity contribution >= 4 is 5.91 Å². The van der Waals surface area contributed by atoms with Crippen LogP contribution in [0.5, 0.6) is 0 Å². The molecule has 0 bridgehead atoms. The molecule has 0 spiro atoms. The SMILES string of the molecule is C[C@@H]1CN(Cc2ccc(C(=O)N(C)C)[nH]2)CCN1. The van der Waals surface area contributed by atoms with E-state index in [9.17, 15) is 4.79 Å². The predicted octanol–water partition coefficient (Wildman–Crippen LogP) is 0.510. The minimum atomic E-state index is 0.0231. The lowest BCUT2D eigenvalue weighted by molar-refractivity contribution is 0.0822. The maximum atomic E-state index is 11.8. The van der Waals surface area contributed by atoms with E-state index < -0.39 is 0 Å². The number of nitrogens with one attached hydrogen (secondary N) is 2. The lowest BCUT2D eigenvalue weighted by Crippen LogP contribution is -2.48. The molecular weight excluding hydrogens is 228 g/mol. The number of carbonyl (C=O) groups is 1. The molecule has 2 heterocycles. The van der Waals surface area contributed by atoms with Gasteiger partial charge in [-0.25, -0.2) is 0 Å². The fraction of sp³-hybridized carbons (Fsp3) is 0.615. The molecule has 0 unspecified atom stereocenters. The summed E-state index contributed by atoms with van der Waals surface area (Å²) in [6, 6.07) is 4.41. The summed E-state index contributed by atoms with van der Waals surface area (Å²) in [6.07, 6.45) is 0. The quantitative estimate of drug-likeness (QED) is 0.822. The van der Waals surface area contributed by atoms with Crippen molar-refractivity contribution in [3.63, 3.8) is 0 Å². The smallest absolute Gasteiger partial charge is 0.269 e. The van der Waals surface area contributed by atoms with Crippen LogP contribution in [0.1, 0.15) is 23.1 Å². The van der Waals surface area contributed by atoms with Crippen molar-refractivity contribution in [2.45, 2.75) is 19.5 Å². The van der Waals surface area contributed by atoms with Gasteiger partial charge in [0.15, 0.2) is 0 Å². The molecule has 1 atom stereocenters. The van der Waals surface area contributed by atoms with E-state index >= 15 is 0 Å². The van der Waals surface area contributed by atoms with Gasteiger partial charge >= 0.3 is 0 Å². The molecule has 1 aliphatic rings. The average molecular weight is 250 g/mol. The van der Waals surface area contributed by atoms with Crippen molar-refractivity contribution in [1.29, 1.82) is 0 Å². The summed E-state index contributed by atoms with van der Waals surface area (Å²) >= 11 is 0. The van der Waals surface area contributed by atoms with Crippen molar-refractivity contribution in [3.8, 4) is 0 Å². The Morgan fingerprint density at radius 3 is 2.94 bits per heavy atom. The number of carbonyl (C=O) groups excluding carboxylic acids is 1. The summed E-state index contributed by atoms with van der Waals surface area (Å²) in [5, 5.41) is 3.42. The van der Waals surface area contributed by atoms with Crippen molar-refractivity contribution in [3.05, 3.63) is 23.5 Å². The second kappa shape index (κ2) is 5.54. The zero-order valence-corrected chi connectivity index (χ0v) is 11.4. The summed E-state index contributed by atoms with van der Waals surface area (Å²) in [5.74, 6) is 0.0231. The monoisotopic (exact) mass is 250 g/mol. The number of amides is 1. The number of H-pyrrole nitrogens is 1. The molecule has 5 nitrogen and oxygen atoms in total. The van der Waals surface area contributed by atoms with Gasteiger partial charge in [0.1, 0.15) is 5.69 Å². The van der Waals surface area contributed by atoms with Gasteiger partial charge in [0, 0.05) is 52.0 Å². The molecule has 18 heavy (non-hydrogen) atoms. The highest BCUT2D eigenvalue weighted by Crippen LogP contribution is 2.09. The molecule has 100 valence electrons. The summed E-state index contributed by atoms with van der Waals surface area (Å²) in [6.45, 7) is 6.22. The molecule has 2 rings (SSSR count). The van der Waals surface area contributed by atoms with Gasteiger partial charge in [0.2, 0.25) is 0 Å². The van der Waals surface area contributed by atoms with Gasteiger partial charge in [-0.05, 0) is 19.1 Å². The molecule has 5 heteroatoms. The van der Waals surface area contributed by atoms with Crippen LogP contribution < -0.4 is 5.32 Å². The minimum absolute atomic E-state index is 0.0231. The Labute approximate surface area is 108 Å². The van der Waals surface area contributed by atoms with Crippen LogP contribution in [0.2, 0.25) is 0 Å². The number of hydrogen-bond acceptors (Lipinski definition) is 3. The number of aromatic nitrogens is 1. The fourth-order valence-corrected chi connectivity index (χ4v) is 2.29. The zero-order chi connectivity index (χ0) is 13.1. The first-order valence-electron chi connectivity index (χ1n) is 6.41. The Kier molecular flexibility index (Phi) is 4.04. The van der Waals surface area contributed by atoms with Crippen molar-refractivity contribution < 1.29 is 4.79 Å². The van der Waals surface area contributed by atoms with Crippen LogP contribution in [0.4, 0.5) is 0 Å². The van der Waals surface area contributed by atoms with Gasteiger partial charge < -0.3 is 15.2 Å². The van der Waals surface area contributed by atoms with Crippen molar-refractivity contribution in [2.75, 3.05) is 33.7 Å². The molecular formula is C13H22N4O. The van der Waals surface area contributed by atoms with Gasteiger partial charge in [-0.1, -0.05) is 0 Å². The third kappa shape index (κ3) is 3.11. The van der Waals surface area contributed by atoms with Gasteiger partial charge in [0.05, 0.1) is 0 Å². The van der Waals surface area contributed by atoms with Gasteiger partial charge in [-0.2, -0.15) is 0 Å². The molecule has 1 aromatic heterocycles. The van der Waals surface area contributed by atoms with E-state index in [0.29, 0.717) is 11.7 Å². The second-order valence-electron chi connectivity index (χ2n) is 5.19. The second-order valence-corrected chi connectivity index (χ2v) is 5.19. The molecule has 0 aromatic carbocycles. The van der Waals surface area contributed by atoms with Crippen LogP contribution >= 0.6 is 0 Å². The Morgan fingerprint density at radius 2 is 2.28 bits per heavy atom. The summed E-state index contributed by atoms with van der Waals surface area (Å²) < 4.78 is 0. The maximum Gasteiger partial charge on any atom is 0.269 e. The van der Waals surface area contributed by atoms with E-state index in [4.69, 9.17) is 0 Å².